The number of nitrogens with zero attached hydrogens (tertiary/aromatic N) is 3. The summed E-state index contributed by atoms with van der Waals surface area (Å²) >= 11 is 1.61. The van der Waals surface area contributed by atoms with Crippen molar-refractivity contribution in [1.29, 1.82) is 0 Å². The summed E-state index contributed by atoms with van der Waals surface area (Å²) in [6.45, 7) is 4.76. The molecule has 1 N–H and O–H groups in total. The van der Waals surface area contributed by atoms with Crippen molar-refractivity contribution < 1.29 is 13.9 Å². The van der Waals surface area contributed by atoms with Crippen LogP contribution < -0.4 is 5.32 Å². The van der Waals surface area contributed by atoms with Crippen molar-refractivity contribution in [3.63, 3.8) is 0 Å². The number of guanidine groups is 1. The predicted molar refractivity (Wildman–Crippen MR) is 134 cm³/mol. The molecule has 0 aliphatic carbocycles. The van der Waals surface area contributed by atoms with Gasteiger partial charge in [0.25, 0.3) is 0 Å². The lowest BCUT2D eigenvalue weighted by Crippen LogP contribution is -2.48. The molecule has 0 spiro atoms. The summed E-state index contributed by atoms with van der Waals surface area (Å²) in [7, 11) is 5.48. The summed E-state index contributed by atoms with van der Waals surface area (Å²) in [4.78, 5) is 11.2. The molecule has 2 aromatic rings. The quantitative estimate of drug-likeness (QED) is 0.309. The van der Waals surface area contributed by atoms with Gasteiger partial charge in [0.05, 0.1) is 12.2 Å². The zero-order valence-electron chi connectivity index (χ0n) is 18.6. The van der Waals surface area contributed by atoms with E-state index in [0.717, 1.165) is 35.1 Å². The Hall–Kier alpha value is -1.30. The van der Waals surface area contributed by atoms with E-state index in [-0.39, 0.29) is 41.3 Å². The monoisotopic (exact) mass is 562 g/mol. The maximum Gasteiger partial charge on any atom is 0.193 e. The molecular formula is C22H32FIN4O2S. The van der Waals surface area contributed by atoms with E-state index >= 15 is 0 Å². The number of halogens is 2. The Kier molecular flexibility index (Phi) is 10.1. The Morgan fingerprint density at radius 3 is 2.65 bits per heavy atom. The van der Waals surface area contributed by atoms with Crippen LogP contribution in [0.5, 0.6) is 0 Å². The van der Waals surface area contributed by atoms with E-state index in [1.54, 1.807) is 25.5 Å². The van der Waals surface area contributed by atoms with Gasteiger partial charge < -0.3 is 19.7 Å². The molecule has 1 aromatic heterocycles. The molecule has 0 amide bonds. The molecule has 1 aliphatic heterocycles. The number of nitrogens with one attached hydrogen (secondary N) is 1. The molecule has 3 rings (SSSR count). The highest BCUT2D eigenvalue weighted by atomic mass is 127. The first-order chi connectivity index (χ1) is 14.5. The SMILES string of the molecule is CN=C(NCC1(c2ccc(F)cc2)CCOCC1)N(C)Cc1csc(C(C)OC)n1.I. The van der Waals surface area contributed by atoms with Gasteiger partial charge in [0.2, 0.25) is 0 Å². The smallest absolute Gasteiger partial charge is 0.193 e. The number of thiazole rings is 1. The van der Waals surface area contributed by atoms with Crippen molar-refractivity contribution in [3.8, 4) is 0 Å². The number of hydrogen-bond donors (Lipinski definition) is 1. The zero-order chi connectivity index (χ0) is 21.6. The molecule has 6 nitrogen and oxygen atoms in total. The number of rotatable bonds is 7. The van der Waals surface area contributed by atoms with Gasteiger partial charge in [-0.3, -0.25) is 4.99 Å². The van der Waals surface area contributed by atoms with Crippen LogP contribution in [0.1, 0.15) is 42.1 Å². The molecule has 0 saturated carbocycles. The van der Waals surface area contributed by atoms with Gasteiger partial charge >= 0.3 is 0 Å². The van der Waals surface area contributed by atoms with Gasteiger partial charge in [-0.2, -0.15) is 0 Å². The van der Waals surface area contributed by atoms with Crippen molar-refractivity contribution in [2.45, 2.75) is 37.8 Å². The lowest BCUT2D eigenvalue weighted by atomic mass is 9.74. The summed E-state index contributed by atoms with van der Waals surface area (Å²) in [5.74, 6) is 0.590. The van der Waals surface area contributed by atoms with Crippen LogP contribution in [0.2, 0.25) is 0 Å². The van der Waals surface area contributed by atoms with Crippen LogP contribution in [0.4, 0.5) is 4.39 Å². The van der Waals surface area contributed by atoms with Crippen LogP contribution in [-0.2, 0) is 21.4 Å². The second kappa shape index (κ2) is 12.1. The summed E-state index contributed by atoms with van der Waals surface area (Å²) in [6, 6.07) is 6.85. The fourth-order valence-electron chi connectivity index (χ4n) is 3.77. The summed E-state index contributed by atoms with van der Waals surface area (Å²) in [5, 5.41) is 6.57. The lowest BCUT2D eigenvalue weighted by molar-refractivity contribution is 0.0512. The van der Waals surface area contributed by atoms with Crippen molar-refractivity contribution in [2.24, 2.45) is 4.99 Å². The minimum Gasteiger partial charge on any atom is -0.381 e. The molecule has 1 saturated heterocycles. The number of aliphatic imine (C=N–C) groups is 1. The van der Waals surface area contributed by atoms with Crippen molar-refractivity contribution in [3.05, 3.63) is 51.7 Å². The van der Waals surface area contributed by atoms with Crippen molar-refractivity contribution in [1.82, 2.24) is 15.2 Å². The largest absolute Gasteiger partial charge is 0.381 e. The number of ether oxygens (including phenoxy) is 2. The number of benzene rings is 1. The number of methoxy groups -OCH3 is 1. The van der Waals surface area contributed by atoms with Crippen LogP contribution >= 0.6 is 35.3 Å². The molecule has 1 fully saturated rings. The van der Waals surface area contributed by atoms with Crippen LogP contribution in [0, 0.1) is 5.82 Å². The van der Waals surface area contributed by atoms with Gasteiger partial charge in [-0.15, -0.1) is 35.3 Å². The molecule has 9 heteroatoms. The first-order valence-electron chi connectivity index (χ1n) is 10.2. The third-order valence-corrected chi connectivity index (χ3v) is 6.79. The Morgan fingerprint density at radius 2 is 2.03 bits per heavy atom. The maximum absolute atomic E-state index is 13.5. The van der Waals surface area contributed by atoms with Gasteiger partial charge in [0.15, 0.2) is 5.96 Å². The first-order valence-corrected chi connectivity index (χ1v) is 11.1. The van der Waals surface area contributed by atoms with E-state index in [0.29, 0.717) is 26.3 Å². The molecule has 1 aliphatic rings. The van der Waals surface area contributed by atoms with Gasteiger partial charge in [0.1, 0.15) is 16.9 Å². The van der Waals surface area contributed by atoms with Crippen molar-refractivity contribution in [2.75, 3.05) is 41.0 Å². The van der Waals surface area contributed by atoms with Crippen LogP contribution in [0.3, 0.4) is 0 Å². The third kappa shape index (κ3) is 6.59. The minimum atomic E-state index is -0.213. The maximum atomic E-state index is 13.5. The van der Waals surface area contributed by atoms with Crippen LogP contribution in [-0.4, -0.2) is 56.8 Å². The Balaban J connectivity index is 0.00000341. The second-order valence-electron chi connectivity index (χ2n) is 7.71. The van der Waals surface area contributed by atoms with Gasteiger partial charge in [-0.25, -0.2) is 9.37 Å². The van der Waals surface area contributed by atoms with E-state index in [4.69, 9.17) is 9.47 Å². The van der Waals surface area contributed by atoms with E-state index in [1.165, 1.54) is 12.1 Å². The fraction of sp³-hybridized carbons (Fsp3) is 0.545. The summed E-state index contributed by atoms with van der Waals surface area (Å²) in [5.41, 5.74) is 2.02. The van der Waals surface area contributed by atoms with E-state index < -0.39 is 0 Å². The van der Waals surface area contributed by atoms with Gasteiger partial charge in [-0.05, 0) is 37.5 Å². The summed E-state index contributed by atoms with van der Waals surface area (Å²) < 4.78 is 24.4. The van der Waals surface area contributed by atoms with Crippen LogP contribution in [0.25, 0.3) is 0 Å². The molecule has 1 atom stereocenters. The molecule has 2 heterocycles. The second-order valence-corrected chi connectivity index (χ2v) is 8.60. The van der Waals surface area contributed by atoms with E-state index in [1.807, 2.05) is 26.1 Å². The first kappa shape index (κ1) is 26.0. The summed E-state index contributed by atoms with van der Waals surface area (Å²) in [6.07, 6.45) is 1.77. The van der Waals surface area contributed by atoms with E-state index in [9.17, 15) is 4.39 Å². The molecule has 31 heavy (non-hydrogen) atoms. The highest BCUT2D eigenvalue weighted by molar-refractivity contribution is 14.0. The highest BCUT2D eigenvalue weighted by Gasteiger charge is 2.35. The highest BCUT2D eigenvalue weighted by Crippen LogP contribution is 2.34. The average Bonchev–Trinajstić information content (AvgIpc) is 3.23. The third-order valence-electron chi connectivity index (χ3n) is 5.73. The number of aromatic nitrogens is 1. The molecule has 1 unspecified atom stereocenters. The Bertz CT molecular complexity index is 840. The van der Waals surface area contributed by atoms with Crippen LogP contribution in [0.15, 0.2) is 34.6 Å². The Labute approximate surface area is 205 Å². The standard InChI is InChI=1S/C22H31FN4O2S.HI/c1-16(28-4)20-26-19(14-30-20)13-27(3)21(24-2)25-15-22(9-11-29-12-10-22)17-5-7-18(23)8-6-17;/h5-8,14,16H,9-13,15H2,1-4H3,(H,24,25);1H. The van der Waals surface area contributed by atoms with Crippen molar-refractivity contribution >= 4 is 41.3 Å². The average molecular weight is 562 g/mol. The molecular weight excluding hydrogens is 530 g/mol. The molecule has 0 radical (unpaired) electrons. The lowest BCUT2D eigenvalue weighted by Gasteiger charge is -2.39. The topological polar surface area (TPSA) is 59.0 Å². The van der Waals surface area contributed by atoms with E-state index in [2.05, 4.69) is 25.6 Å². The predicted octanol–water partition coefficient (Wildman–Crippen LogP) is 4.36. The van der Waals surface area contributed by atoms with Gasteiger partial charge in [0, 0.05) is 51.8 Å². The fourth-order valence-corrected chi connectivity index (χ4v) is 4.61. The molecule has 1 aromatic carbocycles. The van der Waals surface area contributed by atoms with Gasteiger partial charge in [-0.1, -0.05) is 12.1 Å². The minimum absolute atomic E-state index is 0. The zero-order valence-corrected chi connectivity index (χ0v) is 21.7. The number of hydrogen-bond acceptors (Lipinski definition) is 5. The normalized spacial score (nSPS) is 17.0. The molecule has 172 valence electrons. The molecule has 0 bridgehead atoms. The Morgan fingerprint density at radius 1 is 1.35 bits per heavy atom.